The summed E-state index contributed by atoms with van der Waals surface area (Å²) in [6.45, 7) is 1.84. The fourth-order valence-electron chi connectivity index (χ4n) is 5.79. The molecule has 1 amide bonds. The van der Waals surface area contributed by atoms with Gasteiger partial charge in [-0.3, -0.25) is 14.9 Å². The molecule has 4 aromatic carbocycles. The molecule has 0 bridgehead atoms. The molecule has 1 aliphatic heterocycles. The number of nitro benzene ring substituents is 1. The number of amides is 1. The first-order valence-corrected chi connectivity index (χ1v) is 15.8. The highest BCUT2D eigenvalue weighted by Crippen LogP contribution is 2.50. The summed E-state index contributed by atoms with van der Waals surface area (Å²) in [4.78, 5) is 41.7. The quantitative estimate of drug-likeness (QED) is 0.0652. The Morgan fingerprint density at radius 1 is 0.848 bits per heavy atom. The normalized spacial score (nSPS) is 17.3. The first kappa shape index (κ1) is 32.6. The van der Waals surface area contributed by atoms with Gasteiger partial charge in [0, 0.05) is 23.1 Å². The van der Waals surface area contributed by atoms with E-state index in [1.807, 2.05) is 85.8 Å². The molecule has 5 rings (SSSR count). The van der Waals surface area contributed by atoms with Crippen LogP contribution in [-0.4, -0.2) is 52.8 Å². The number of β-lactam (4-membered cyclic amide) rings is 1. The molecule has 10 heteroatoms. The number of methoxy groups -OCH3 is 2. The van der Waals surface area contributed by atoms with Crippen LogP contribution in [0.1, 0.15) is 30.0 Å². The molecule has 4 aromatic rings. The molecule has 0 spiro atoms. The van der Waals surface area contributed by atoms with Crippen molar-refractivity contribution < 1.29 is 28.7 Å². The number of nitro groups is 1. The van der Waals surface area contributed by atoms with Gasteiger partial charge in [0.15, 0.2) is 6.04 Å². The van der Waals surface area contributed by atoms with Gasteiger partial charge in [0.1, 0.15) is 22.9 Å². The summed E-state index contributed by atoms with van der Waals surface area (Å²) in [7, 11) is 3.23. The minimum Gasteiger partial charge on any atom is -0.497 e. The number of carbonyl (C=O) groups excluding carboxylic acids is 2. The Bertz CT molecular complexity index is 1600. The van der Waals surface area contributed by atoms with Crippen molar-refractivity contribution in [2.45, 2.75) is 54.5 Å². The van der Waals surface area contributed by atoms with Crippen molar-refractivity contribution in [2.75, 3.05) is 14.2 Å². The van der Waals surface area contributed by atoms with Crippen LogP contribution in [0.25, 0.3) is 0 Å². The molecule has 46 heavy (non-hydrogen) atoms. The van der Waals surface area contributed by atoms with Crippen LogP contribution < -0.4 is 9.47 Å². The first-order chi connectivity index (χ1) is 22.3. The molecule has 1 aliphatic rings. The molecular formula is C36H36N2O7S. The summed E-state index contributed by atoms with van der Waals surface area (Å²) in [5.41, 5.74) is 2.56. The molecule has 2 unspecified atom stereocenters. The first-order valence-electron chi connectivity index (χ1n) is 15.0. The molecule has 2 atom stereocenters. The van der Waals surface area contributed by atoms with Gasteiger partial charge in [0.05, 0.1) is 19.1 Å². The van der Waals surface area contributed by atoms with Crippen LogP contribution in [-0.2, 0) is 33.8 Å². The Balaban J connectivity index is 1.49. The number of hydrogen-bond acceptors (Lipinski definition) is 8. The van der Waals surface area contributed by atoms with Gasteiger partial charge < -0.3 is 19.1 Å². The third kappa shape index (κ3) is 7.02. The SMILES string of the molecule is CCC1(Sc2ccccc2)C(=O)N(C(Cc2ccc(OC)cc2)Cc2ccc(OC)cc2)C1C(=O)OCc1ccc([N+](=O)[O-])cc1. The maximum Gasteiger partial charge on any atom is 0.331 e. The highest BCUT2D eigenvalue weighted by Gasteiger charge is 2.65. The fourth-order valence-corrected chi connectivity index (χ4v) is 7.16. The van der Waals surface area contributed by atoms with E-state index in [9.17, 15) is 19.7 Å². The number of likely N-dealkylation sites (tertiary alicyclic amines) is 1. The predicted molar refractivity (Wildman–Crippen MR) is 176 cm³/mol. The molecule has 0 N–H and O–H groups in total. The molecule has 1 saturated heterocycles. The molecule has 0 radical (unpaired) electrons. The number of benzene rings is 4. The monoisotopic (exact) mass is 640 g/mol. The third-order valence-corrected chi connectivity index (χ3v) is 9.85. The van der Waals surface area contributed by atoms with E-state index in [0.29, 0.717) is 24.8 Å². The lowest BCUT2D eigenvalue weighted by molar-refractivity contribution is -0.384. The Morgan fingerprint density at radius 3 is 1.85 bits per heavy atom. The van der Waals surface area contributed by atoms with Gasteiger partial charge in [0.2, 0.25) is 5.91 Å². The summed E-state index contributed by atoms with van der Waals surface area (Å²) >= 11 is 1.39. The van der Waals surface area contributed by atoms with E-state index < -0.39 is 21.7 Å². The van der Waals surface area contributed by atoms with Crippen LogP contribution in [0.2, 0.25) is 0 Å². The zero-order valence-corrected chi connectivity index (χ0v) is 26.8. The standard InChI is InChI=1S/C36H36N2O7S/c1-4-36(46-32-8-6-5-7-9-32)33(34(39)45-24-27-10-16-28(17-11-27)38(41)42)37(35(36)40)29(22-25-12-18-30(43-2)19-13-25)23-26-14-20-31(44-3)21-15-26/h5-21,29,33H,4,22-24H2,1-3H3. The van der Waals surface area contributed by atoms with E-state index in [4.69, 9.17) is 14.2 Å². The molecule has 0 aromatic heterocycles. The topological polar surface area (TPSA) is 108 Å². The Hall–Kier alpha value is -4.83. The van der Waals surface area contributed by atoms with E-state index in [1.54, 1.807) is 31.3 Å². The van der Waals surface area contributed by atoms with Crippen LogP contribution >= 0.6 is 11.8 Å². The zero-order chi connectivity index (χ0) is 32.7. The van der Waals surface area contributed by atoms with Crippen molar-refractivity contribution in [2.24, 2.45) is 0 Å². The van der Waals surface area contributed by atoms with Crippen LogP contribution in [0.15, 0.2) is 108 Å². The maximum atomic E-state index is 14.4. The molecule has 0 aliphatic carbocycles. The van der Waals surface area contributed by atoms with Gasteiger partial charge in [-0.1, -0.05) is 49.4 Å². The Kier molecular flexibility index (Phi) is 10.3. The van der Waals surface area contributed by atoms with Crippen LogP contribution in [0.5, 0.6) is 11.5 Å². The van der Waals surface area contributed by atoms with Crippen LogP contribution in [0.3, 0.4) is 0 Å². The third-order valence-electron chi connectivity index (χ3n) is 8.29. The number of nitrogens with zero attached hydrogens (tertiary/aromatic N) is 2. The molecule has 1 heterocycles. The molecule has 0 saturated carbocycles. The number of ether oxygens (including phenoxy) is 3. The van der Waals surface area contributed by atoms with Gasteiger partial charge >= 0.3 is 5.97 Å². The van der Waals surface area contributed by atoms with Crippen molar-refractivity contribution in [3.8, 4) is 11.5 Å². The second-order valence-corrected chi connectivity index (χ2v) is 12.5. The fraction of sp³-hybridized carbons (Fsp3) is 0.278. The van der Waals surface area contributed by atoms with Crippen LogP contribution in [0, 0.1) is 10.1 Å². The van der Waals surface area contributed by atoms with Crippen molar-refractivity contribution in [1.29, 1.82) is 0 Å². The maximum absolute atomic E-state index is 14.4. The number of esters is 1. The van der Waals surface area contributed by atoms with Crippen molar-refractivity contribution in [1.82, 2.24) is 4.90 Å². The predicted octanol–water partition coefficient (Wildman–Crippen LogP) is 6.66. The lowest BCUT2D eigenvalue weighted by Crippen LogP contribution is -2.77. The molecule has 1 fully saturated rings. The lowest BCUT2D eigenvalue weighted by atomic mass is 9.80. The van der Waals surface area contributed by atoms with Gasteiger partial charge in [-0.25, -0.2) is 4.79 Å². The van der Waals surface area contributed by atoms with E-state index in [2.05, 4.69) is 0 Å². The van der Waals surface area contributed by atoms with Crippen molar-refractivity contribution >= 4 is 29.3 Å². The average Bonchev–Trinajstić information content (AvgIpc) is 3.09. The van der Waals surface area contributed by atoms with E-state index in [-0.39, 0.29) is 24.2 Å². The van der Waals surface area contributed by atoms with E-state index in [0.717, 1.165) is 27.5 Å². The minimum atomic E-state index is -1.06. The van der Waals surface area contributed by atoms with E-state index in [1.165, 1.54) is 23.9 Å². The van der Waals surface area contributed by atoms with Gasteiger partial charge in [-0.15, -0.1) is 11.8 Å². The lowest BCUT2D eigenvalue weighted by Gasteiger charge is -2.56. The van der Waals surface area contributed by atoms with Gasteiger partial charge in [0.25, 0.3) is 5.69 Å². The van der Waals surface area contributed by atoms with E-state index >= 15 is 0 Å². The number of thioether (sulfide) groups is 1. The van der Waals surface area contributed by atoms with Crippen LogP contribution in [0.4, 0.5) is 5.69 Å². The molecule has 238 valence electrons. The van der Waals surface area contributed by atoms with Gasteiger partial charge in [-0.2, -0.15) is 0 Å². The van der Waals surface area contributed by atoms with Crippen molar-refractivity contribution in [3.05, 3.63) is 130 Å². The Morgan fingerprint density at radius 2 is 1.37 bits per heavy atom. The number of rotatable bonds is 14. The summed E-state index contributed by atoms with van der Waals surface area (Å²) in [6.07, 6.45) is 1.42. The second kappa shape index (κ2) is 14.5. The van der Waals surface area contributed by atoms with Gasteiger partial charge in [-0.05, 0) is 84.5 Å². The smallest absolute Gasteiger partial charge is 0.331 e. The summed E-state index contributed by atoms with van der Waals surface area (Å²) in [5.74, 6) is 0.825. The number of carbonyl (C=O) groups is 2. The molecule has 9 nitrogen and oxygen atoms in total. The summed E-state index contributed by atoms with van der Waals surface area (Å²) < 4.78 is 15.5. The highest BCUT2D eigenvalue weighted by molar-refractivity contribution is 8.01. The summed E-state index contributed by atoms with van der Waals surface area (Å²) in [5, 5.41) is 11.1. The second-order valence-electron chi connectivity index (χ2n) is 11.1. The zero-order valence-electron chi connectivity index (χ0n) is 26.0. The Labute approximate surface area is 272 Å². The number of non-ortho nitro benzene ring substituents is 1. The summed E-state index contributed by atoms with van der Waals surface area (Å²) in [6, 6.07) is 29.7. The minimum absolute atomic E-state index is 0.0463. The van der Waals surface area contributed by atoms with Crippen molar-refractivity contribution in [3.63, 3.8) is 0 Å². The number of hydrogen-bond donors (Lipinski definition) is 0. The molecular weight excluding hydrogens is 604 g/mol. The largest absolute Gasteiger partial charge is 0.497 e. The highest BCUT2D eigenvalue weighted by atomic mass is 32.2. The average molecular weight is 641 g/mol.